The van der Waals surface area contributed by atoms with Crippen LogP contribution in [0.15, 0.2) is 24.3 Å². The number of fused-ring (bicyclic) bond motifs is 2. The van der Waals surface area contributed by atoms with E-state index in [4.69, 9.17) is 9.47 Å². The molecule has 4 heteroatoms. The molecule has 0 aliphatic carbocycles. The van der Waals surface area contributed by atoms with Crippen LogP contribution in [0.3, 0.4) is 0 Å². The number of piperidine rings is 1. The van der Waals surface area contributed by atoms with Gasteiger partial charge in [-0.3, -0.25) is 4.79 Å². The molecule has 2 aliphatic rings. The van der Waals surface area contributed by atoms with Crippen molar-refractivity contribution in [3.63, 3.8) is 0 Å². The van der Waals surface area contributed by atoms with Gasteiger partial charge in [0.2, 0.25) is 5.91 Å². The van der Waals surface area contributed by atoms with Crippen molar-refractivity contribution in [2.75, 3.05) is 14.2 Å². The van der Waals surface area contributed by atoms with E-state index in [0.717, 1.165) is 37.0 Å². The molecule has 21 heavy (non-hydrogen) atoms. The number of methoxy groups -OCH3 is 2. The molecule has 1 amide bonds. The van der Waals surface area contributed by atoms with Gasteiger partial charge >= 0.3 is 0 Å². The Labute approximate surface area is 126 Å². The summed E-state index contributed by atoms with van der Waals surface area (Å²) >= 11 is 0. The van der Waals surface area contributed by atoms with E-state index < -0.39 is 0 Å². The van der Waals surface area contributed by atoms with Crippen LogP contribution in [0.25, 0.3) is 0 Å². The van der Waals surface area contributed by atoms with Gasteiger partial charge in [0.05, 0.1) is 19.6 Å². The standard InChI is InChI=1S/C17H23NO3/c1-20-15-10-13-7-8-14(11-15)18(13)17(19)9-12-5-3-4-6-16(12)21-2/h3-6,13-15H,7-11H2,1-2H3. The number of rotatable bonds is 4. The van der Waals surface area contributed by atoms with Gasteiger partial charge in [-0.1, -0.05) is 18.2 Å². The first-order valence-corrected chi connectivity index (χ1v) is 7.68. The van der Waals surface area contributed by atoms with Crippen LogP contribution in [-0.4, -0.2) is 43.2 Å². The lowest BCUT2D eigenvalue weighted by atomic mass is 9.98. The average Bonchev–Trinajstić information content (AvgIpc) is 2.78. The zero-order chi connectivity index (χ0) is 14.8. The number of para-hydroxylation sites is 1. The van der Waals surface area contributed by atoms with Crippen LogP contribution < -0.4 is 4.74 Å². The minimum atomic E-state index is 0.224. The molecule has 4 nitrogen and oxygen atoms in total. The van der Waals surface area contributed by atoms with Crippen LogP contribution in [0.4, 0.5) is 0 Å². The lowest BCUT2D eigenvalue weighted by molar-refractivity contribution is -0.137. The van der Waals surface area contributed by atoms with Crippen LogP contribution in [0, 0.1) is 0 Å². The lowest BCUT2D eigenvalue weighted by Crippen LogP contribution is -2.49. The van der Waals surface area contributed by atoms with Gasteiger partial charge in [-0.25, -0.2) is 0 Å². The van der Waals surface area contributed by atoms with E-state index in [9.17, 15) is 4.79 Å². The van der Waals surface area contributed by atoms with Crippen LogP contribution in [-0.2, 0) is 16.0 Å². The van der Waals surface area contributed by atoms with Crippen LogP contribution in [0.5, 0.6) is 5.75 Å². The average molecular weight is 289 g/mol. The number of carbonyl (C=O) groups is 1. The highest BCUT2D eigenvalue weighted by atomic mass is 16.5. The van der Waals surface area contributed by atoms with Gasteiger partial charge in [-0.15, -0.1) is 0 Å². The number of hydrogen-bond acceptors (Lipinski definition) is 3. The number of nitrogens with zero attached hydrogens (tertiary/aromatic N) is 1. The molecule has 3 rings (SSSR count). The molecule has 2 bridgehead atoms. The summed E-state index contributed by atoms with van der Waals surface area (Å²) in [7, 11) is 3.42. The van der Waals surface area contributed by atoms with E-state index in [1.165, 1.54) is 0 Å². The summed E-state index contributed by atoms with van der Waals surface area (Å²) in [6.07, 6.45) is 4.92. The number of hydrogen-bond donors (Lipinski definition) is 0. The Balaban J connectivity index is 1.72. The Morgan fingerprint density at radius 3 is 2.48 bits per heavy atom. The first kappa shape index (κ1) is 14.4. The van der Waals surface area contributed by atoms with Gasteiger partial charge in [0.1, 0.15) is 5.75 Å². The van der Waals surface area contributed by atoms with Crippen LogP contribution in [0.1, 0.15) is 31.2 Å². The molecule has 1 aromatic carbocycles. The van der Waals surface area contributed by atoms with E-state index in [1.54, 1.807) is 14.2 Å². The van der Waals surface area contributed by atoms with Gasteiger partial charge in [-0.2, -0.15) is 0 Å². The van der Waals surface area contributed by atoms with Crippen molar-refractivity contribution >= 4 is 5.91 Å². The minimum Gasteiger partial charge on any atom is -0.496 e. The molecular weight excluding hydrogens is 266 g/mol. The summed E-state index contributed by atoms with van der Waals surface area (Å²) in [5, 5.41) is 0. The quantitative estimate of drug-likeness (QED) is 0.854. The Morgan fingerprint density at radius 1 is 1.19 bits per heavy atom. The molecule has 114 valence electrons. The topological polar surface area (TPSA) is 38.8 Å². The number of carbonyl (C=O) groups excluding carboxylic acids is 1. The fraction of sp³-hybridized carbons (Fsp3) is 0.588. The van der Waals surface area contributed by atoms with E-state index in [1.807, 2.05) is 24.3 Å². The smallest absolute Gasteiger partial charge is 0.227 e. The third-order valence-corrected chi connectivity index (χ3v) is 4.85. The number of benzene rings is 1. The molecule has 2 atom stereocenters. The molecule has 1 aromatic rings. The minimum absolute atomic E-state index is 0.224. The lowest BCUT2D eigenvalue weighted by Gasteiger charge is -2.38. The first-order chi connectivity index (χ1) is 10.2. The maximum atomic E-state index is 12.7. The Kier molecular flexibility index (Phi) is 4.15. The second kappa shape index (κ2) is 6.06. The van der Waals surface area contributed by atoms with Gasteiger partial charge < -0.3 is 14.4 Å². The summed E-state index contributed by atoms with van der Waals surface area (Å²) in [5.74, 6) is 1.02. The molecule has 2 fully saturated rings. The van der Waals surface area contributed by atoms with Gasteiger partial charge in [0, 0.05) is 24.8 Å². The molecule has 0 aromatic heterocycles. The van der Waals surface area contributed by atoms with E-state index in [-0.39, 0.29) is 5.91 Å². The van der Waals surface area contributed by atoms with Crippen molar-refractivity contribution in [1.29, 1.82) is 0 Å². The summed E-state index contributed by atoms with van der Waals surface area (Å²) in [6, 6.07) is 8.48. The Bertz CT molecular complexity index is 503. The molecule has 0 spiro atoms. The van der Waals surface area contributed by atoms with E-state index in [0.29, 0.717) is 24.6 Å². The monoisotopic (exact) mass is 289 g/mol. The molecule has 0 radical (unpaired) electrons. The zero-order valence-corrected chi connectivity index (χ0v) is 12.7. The summed E-state index contributed by atoms with van der Waals surface area (Å²) < 4.78 is 10.8. The number of amides is 1. The zero-order valence-electron chi connectivity index (χ0n) is 12.7. The Morgan fingerprint density at radius 2 is 1.86 bits per heavy atom. The summed E-state index contributed by atoms with van der Waals surface area (Å²) in [4.78, 5) is 14.8. The van der Waals surface area contributed by atoms with Gasteiger partial charge in [0.15, 0.2) is 0 Å². The summed E-state index contributed by atoms with van der Waals surface area (Å²) in [5.41, 5.74) is 0.971. The maximum absolute atomic E-state index is 12.7. The maximum Gasteiger partial charge on any atom is 0.227 e. The van der Waals surface area contributed by atoms with Crippen LogP contribution >= 0.6 is 0 Å². The van der Waals surface area contributed by atoms with Crippen molar-refractivity contribution < 1.29 is 14.3 Å². The molecule has 0 saturated carbocycles. The highest BCUT2D eigenvalue weighted by molar-refractivity contribution is 5.80. The molecule has 2 heterocycles. The molecule has 2 saturated heterocycles. The second-order valence-corrected chi connectivity index (χ2v) is 6.00. The first-order valence-electron chi connectivity index (χ1n) is 7.68. The Hall–Kier alpha value is -1.55. The molecule has 2 unspecified atom stereocenters. The van der Waals surface area contributed by atoms with Gasteiger partial charge in [-0.05, 0) is 31.7 Å². The SMILES string of the molecule is COc1ccccc1CC(=O)N1C2CCC1CC(OC)C2. The highest BCUT2D eigenvalue weighted by Crippen LogP contribution is 2.37. The predicted molar refractivity (Wildman–Crippen MR) is 80.4 cm³/mol. The third kappa shape index (κ3) is 2.77. The van der Waals surface area contributed by atoms with Crippen molar-refractivity contribution in [2.24, 2.45) is 0 Å². The molecule has 0 N–H and O–H groups in total. The van der Waals surface area contributed by atoms with E-state index >= 15 is 0 Å². The predicted octanol–water partition coefficient (Wildman–Crippen LogP) is 2.41. The fourth-order valence-electron chi connectivity index (χ4n) is 3.83. The number of ether oxygens (including phenoxy) is 2. The van der Waals surface area contributed by atoms with Crippen molar-refractivity contribution in [3.8, 4) is 5.75 Å². The second-order valence-electron chi connectivity index (χ2n) is 6.00. The fourth-order valence-corrected chi connectivity index (χ4v) is 3.83. The van der Waals surface area contributed by atoms with Crippen molar-refractivity contribution in [3.05, 3.63) is 29.8 Å². The van der Waals surface area contributed by atoms with Crippen molar-refractivity contribution in [2.45, 2.75) is 50.3 Å². The van der Waals surface area contributed by atoms with Crippen molar-refractivity contribution in [1.82, 2.24) is 4.90 Å². The molecular formula is C17H23NO3. The van der Waals surface area contributed by atoms with E-state index in [2.05, 4.69) is 4.90 Å². The normalized spacial score (nSPS) is 27.7. The van der Waals surface area contributed by atoms with Gasteiger partial charge in [0.25, 0.3) is 0 Å². The molecule has 2 aliphatic heterocycles. The summed E-state index contributed by atoms with van der Waals surface area (Å²) in [6.45, 7) is 0. The largest absolute Gasteiger partial charge is 0.496 e. The van der Waals surface area contributed by atoms with Crippen LogP contribution in [0.2, 0.25) is 0 Å². The third-order valence-electron chi connectivity index (χ3n) is 4.85. The highest BCUT2D eigenvalue weighted by Gasteiger charge is 2.43.